The highest BCUT2D eigenvalue weighted by Gasteiger charge is 2.24. The van der Waals surface area contributed by atoms with Gasteiger partial charge in [-0.1, -0.05) is 16.8 Å². The fourth-order valence-electron chi connectivity index (χ4n) is 3.11. The van der Waals surface area contributed by atoms with Crippen molar-refractivity contribution in [2.24, 2.45) is 0 Å². The van der Waals surface area contributed by atoms with Gasteiger partial charge in [-0.05, 0) is 61.6 Å². The Morgan fingerprint density at radius 1 is 1.10 bits per heavy atom. The lowest BCUT2D eigenvalue weighted by Crippen LogP contribution is -2.02. The standard InChI is InChI=1S/C20H17ClN4O3S/c1-11-17(18(24-28-11)12-4-7-14(26-2)8-5-12)19-22-23-20(29)25(19)15-10-13(21)6-9-16(15)27-3/h4-10H,1-3H3,(H,23,29). The predicted octanol–water partition coefficient (Wildman–Crippen LogP) is 5.23. The maximum atomic E-state index is 6.23. The van der Waals surface area contributed by atoms with Gasteiger partial charge in [-0.2, -0.15) is 5.10 Å². The molecular weight excluding hydrogens is 412 g/mol. The molecule has 9 heteroatoms. The van der Waals surface area contributed by atoms with Gasteiger partial charge in [0, 0.05) is 10.6 Å². The molecule has 0 amide bonds. The van der Waals surface area contributed by atoms with E-state index in [9.17, 15) is 0 Å². The molecule has 4 aromatic rings. The van der Waals surface area contributed by atoms with Gasteiger partial charge in [0.2, 0.25) is 0 Å². The number of aromatic amines is 1. The minimum absolute atomic E-state index is 0.391. The zero-order valence-corrected chi connectivity index (χ0v) is 17.5. The summed E-state index contributed by atoms with van der Waals surface area (Å²) in [7, 11) is 3.21. The smallest absolute Gasteiger partial charge is 0.200 e. The first-order valence-corrected chi connectivity index (χ1v) is 9.44. The molecule has 4 rings (SSSR count). The van der Waals surface area contributed by atoms with E-state index in [0.29, 0.717) is 44.1 Å². The second-order valence-electron chi connectivity index (χ2n) is 6.19. The Hall–Kier alpha value is -3.10. The Labute approximate surface area is 176 Å². The van der Waals surface area contributed by atoms with Gasteiger partial charge < -0.3 is 14.0 Å². The number of hydrogen-bond donors (Lipinski definition) is 1. The number of benzene rings is 2. The van der Waals surface area contributed by atoms with E-state index in [1.54, 1.807) is 37.0 Å². The summed E-state index contributed by atoms with van der Waals surface area (Å²) in [5.74, 6) is 2.50. The van der Waals surface area contributed by atoms with Crippen molar-refractivity contribution in [3.63, 3.8) is 0 Å². The Kier molecular flexibility index (Phi) is 5.12. The van der Waals surface area contributed by atoms with Crippen LogP contribution >= 0.6 is 23.8 Å². The van der Waals surface area contributed by atoms with Crippen molar-refractivity contribution < 1.29 is 14.0 Å². The molecule has 0 aliphatic heterocycles. The van der Waals surface area contributed by atoms with Crippen LogP contribution in [0.3, 0.4) is 0 Å². The van der Waals surface area contributed by atoms with Crippen LogP contribution in [-0.2, 0) is 0 Å². The van der Waals surface area contributed by atoms with Gasteiger partial charge in [-0.3, -0.25) is 9.67 Å². The summed E-state index contributed by atoms with van der Waals surface area (Å²) in [5, 5.41) is 12.1. The Bertz CT molecular complexity index is 1230. The number of nitrogens with one attached hydrogen (secondary N) is 1. The highest BCUT2D eigenvalue weighted by Crippen LogP contribution is 2.37. The van der Waals surface area contributed by atoms with E-state index in [1.807, 2.05) is 31.2 Å². The van der Waals surface area contributed by atoms with Gasteiger partial charge in [0.1, 0.15) is 23.0 Å². The van der Waals surface area contributed by atoms with Crippen LogP contribution in [-0.4, -0.2) is 34.1 Å². The van der Waals surface area contributed by atoms with E-state index in [1.165, 1.54) is 0 Å². The minimum atomic E-state index is 0.391. The SMILES string of the molecule is COc1ccc(-c2noc(C)c2-c2n[nH]c(=S)n2-c2cc(Cl)ccc2OC)cc1. The number of hydrogen-bond acceptors (Lipinski definition) is 6. The van der Waals surface area contributed by atoms with E-state index in [2.05, 4.69) is 15.4 Å². The fraction of sp³-hybridized carbons (Fsp3) is 0.150. The quantitative estimate of drug-likeness (QED) is 0.438. The highest BCUT2D eigenvalue weighted by molar-refractivity contribution is 7.71. The molecule has 148 valence electrons. The van der Waals surface area contributed by atoms with Crippen molar-refractivity contribution >= 4 is 23.8 Å². The van der Waals surface area contributed by atoms with Crippen molar-refractivity contribution in [3.8, 4) is 39.8 Å². The highest BCUT2D eigenvalue weighted by atomic mass is 35.5. The van der Waals surface area contributed by atoms with Gasteiger partial charge in [-0.25, -0.2) is 0 Å². The third-order valence-electron chi connectivity index (χ3n) is 4.50. The summed E-state index contributed by atoms with van der Waals surface area (Å²) in [6, 6.07) is 12.8. The van der Waals surface area contributed by atoms with Gasteiger partial charge in [0.05, 0.1) is 25.5 Å². The van der Waals surface area contributed by atoms with Crippen LogP contribution in [0.5, 0.6) is 11.5 Å². The zero-order valence-electron chi connectivity index (χ0n) is 15.9. The van der Waals surface area contributed by atoms with E-state index in [-0.39, 0.29) is 0 Å². The second kappa shape index (κ2) is 7.73. The molecule has 29 heavy (non-hydrogen) atoms. The summed E-state index contributed by atoms with van der Waals surface area (Å²) in [4.78, 5) is 0. The average molecular weight is 429 g/mol. The molecule has 2 aromatic carbocycles. The monoisotopic (exact) mass is 428 g/mol. The van der Waals surface area contributed by atoms with Crippen LogP contribution in [0.4, 0.5) is 0 Å². The lowest BCUT2D eigenvalue weighted by atomic mass is 10.1. The normalized spacial score (nSPS) is 10.9. The number of methoxy groups -OCH3 is 2. The number of nitrogens with zero attached hydrogens (tertiary/aromatic N) is 3. The molecule has 0 unspecified atom stereocenters. The number of halogens is 1. The van der Waals surface area contributed by atoms with Gasteiger partial charge in [-0.15, -0.1) is 0 Å². The second-order valence-corrected chi connectivity index (χ2v) is 7.02. The first-order chi connectivity index (χ1) is 14.0. The lowest BCUT2D eigenvalue weighted by Gasteiger charge is -2.12. The first-order valence-electron chi connectivity index (χ1n) is 8.66. The molecule has 2 aromatic heterocycles. The largest absolute Gasteiger partial charge is 0.497 e. The predicted molar refractivity (Wildman–Crippen MR) is 113 cm³/mol. The molecule has 0 fully saturated rings. The topological polar surface area (TPSA) is 78.1 Å². The molecule has 0 radical (unpaired) electrons. The first kappa shape index (κ1) is 19.2. The number of aryl methyl sites for hydroxylation is 1. The summed E-state index contributed by atoms with van der Waals surface area (Å²) in [5.41, 5.74) is 2.87. The van der Waals surface area contributed by atoms with Crippen LogP contribution in [0, 0.1) is 11.7 Å². The van der Waals surface area contributed by atoms with Crippen molar-refractivity contribution in [2.75, 3.05) is 14.2 Å². The van der Waals surface area contributed by atoms with E-state index >= 15 is 0 Å². The van der Waals surface area contributed by atoms with Crippen molar-refractivity contribution in [1.29, 1.82) is 0 Å². The Balaban J connectivity index is 1.94. The van der Waals surface area contributed by atoms with Crippen LogP contribution in [0.2, 0.25) is 5.02 Å². The molecule has 0 atom stereocenters. The number of ether oxygens (including phenoxy) is 2. The Morgan fingerprint density at radius 2 is 1.86 bits per heavy atom. The van der Waals surface area contributed by atoms with Gasteiger partial charge >= 0.3 is 0 Å². The molecule has 0 bridgehead atoms. The summed E-state index contributed by atoms with van der Waals surface area (Å²) >= 11 is 11.7. The zero-order chi connectivity index (χ0) is 20.5. The number of aromatic nitrogens is 4. The average Bonchev–Trinajstić information content (AvgIpc) is 3.30. The molecule has 1 N–H and O–H groups in total. The van der Waals surface area contributed by atoms with Crippen molar-refractivity contribution in [1.82, 2.24) is 19.9 Å². The molecule has 0 aliphatic carbocycles. The summed E-state index contributed by atoms with van der Waals surface area (Å²) < 4.78 is 18.4. The van der Waals surface area contributed by atoms with Gasteiger partial charge in [0.15, 0.2) is 10.6 Å². The Morgan fingerprint density at radius 3 is 2.55 bits per heavy atom. The molecule has 0 aliphatic rings. The minimum Gasteiger partial charge on any atom is -0.497 e. The third-order valence-corrected chi connectivity index (χ3v) is 5.01. The molecule has 0 saturated heterocycles. The molecule has 2 heterocycles. The number of rotatable bonds is 5. The maximum absolute atomic E-state index is 6.23. The van der Waals surface area contributed by atoms with E-state index in [0.717, 1.165) is 11.3 Å². The van der Waals surface area contributed by atoms with E-state index in [4.69, 9.17) is 37.8 Å². The number of H-pyrrole nitrogens is 1. The van der Waals surface area contributed by atoms with E-state index < -0.39 is 0 Å². The molecule has 0 spiro atoms. The molecule has 0 saturated carbocycles. The van der Waals surface area contributed by atoms with Crippen LogP contribution in [0.1, 0.15) is 5.76 Å². The summed E-state index contributed by atoms with van der Waals surface area (Å²) in [6.07, 6.45) is 0. The molecular formula is C20H17ClN4O3S. The molecule has 7 nitrogen and oxygen atoms in total. The van der Waals surface area contributed by atoms with Crippen LogP contribution in [0.25, 0.3) is 28.3 Å². The fourth-order valence-corrected chi connectivity index (χ4v) is 3.50. The lowest BCUT2D eigenvalue weighted by molar-refractivity contribution is 0.400. The maximum Gasteiger partial charge on any atom is 0.200 e. The summed E-state index contributed by atoms with van der Waals surface area (Å²) in [6.45, 7) is 1.83. The van der Waals surface area contributed by atoms with Crippen LogP contribution < -0.4 is 9.47 Å². The van der Waals surface area contributed by atoms with Gasteiger partial charge in [0.25, 0.3) is 0 Å². The third kappa shape index (κ3) is 3.41. The van der Waals surface area contributed by atoms with Crippen LogP contribution in [0.15, 0.2) is 47.0 Å². The van der Waals surface area contributed by atoms with Crippen molar-refractivity contribution in [2.45, 2.75) is 6.92 Å². The van der Waals surface area contributed by atoms with Crippen molar-refractivity contribution in [3.05, 3.63) is 58.0 Å².